The van der Waals surface area contributed by atoms with Crippen LogP contribution < -0.4 is 11.3 Å². The van der Waals surface area contributed by atoms with Crippen LogP contribution >= 0.6 is 0 Å². The maximum atomic E-state index is 5.54. The predicted octanol–water partition coefficient (Wildman–Crippen LogP) is -0.00590. The van der Waals surface area contributed by atoms with E-state index in [1.54, 1.807) is 0 Å². The minimum Gasteiger partial charge on any atom is -0.339 e. The first-order valence-corrected chi connectivity index (χ1v) is 6.24. The summed E-state index contributed by atoms with van der Waals surface area (Å²) >= 11 is 0. The summed E-state index contributed by atoms with van der Waals surface area (Å²) in [7, 11) is 0. The van der Waals surface area contributed by atoms with Gasteiger partial charge in [-0.05, 0) is 26.7 Å². The maximum absolute atomic E-state index is 5.54. The van der Waals surface area contributed by atoms with Crippen LogP contribution in [0.15, 0.2) is 4.99 Å². The Morgan fingerprint density at radius 1 is 1.25 bits per heavy atom. The molecule has 0 unspecified atom stereocenters. The van der Waals surface area contributed by atoms with E-state index in [1.807, 2.05) is 0 Å². The first-order valence-electron chi connectivity index (χ1n) is 6.24. The van der Waals surface area contributed by atoms with Crippen LogP contribution in [0.3, 0.4) is 0 Å². The lowest BCUT2D eigenvalue weighted by molar-refractivity contribution is 0.146. The van der Waals surface area contributed by atoms with Crippen LogP contribution in [-0.4, -0.2) is 54.0 Å². The lowest BCUT2D eigenvalue weighted by Crippen LogP contribution is -2.55. The first kappa shape index (κ1) is 11.7. The normalized spacial score (nSPS) is 24.0. The minimum atomic E-state index is 0.522. The molecule has 0 spiro atoms. The van der Waals surface area contributed by atoms with Crippen molar-refractivity contribution in [2.24, 2.45) is 10.8 Å². The highest BCUT2D eigenvalue weighted by molar-refractivity contribution is 5.79. The second kappa shape index (κ2) is 5.01. The van der Waals surface area contributed by atoms with Gasteiger partial charge in [-0.3, -0.25) is 10.3 Å². The zero-order valence-electron chi connectivity index (χ0n) is 10.3. The second-order valence-corrected chi connectivity index (χ2v) is 4.94. The van der Waals surface area contributed by atoms with Crippen LogP contribution in [0, 0.1) is 0 Å². The Bertz CT molecular complexity index is 251. The van der Waals surface area contributed by atoms with Gasteiger partial charge < -0.3 is 4.90 Å². The van der Waals surface area contributed by atoms with E-state index in [-0.39, 0.29) is 0 Å². The van der Waals surface area contributed by atoms with Crippen molar-refractivity contribution in [2.45, 2.75) is 38.8 Å². The standard InChI is InChI=1S/C11H23N5/c1-9(2)15-5-7-16(8-6-15)11(14-12)13-10-3-4-10/h9-10H,3-8,12H2,1-2H3,(H,13,14). The number of guanidine groups is 1. The molecule has 0 bridgehead atoms. The Kier molecular flexibility index (Phi) is 3.66. The largest absolute Gasteiger partial charge is 0.339 e. The van der Waals surface area contributed by atoms with Crippen LogP contribution in [0.1, 0.15) is 26.7 Å². The van der Waals surface area contributed by atoms with E-state index < -0.39 is 0 Å². The highest BCUT2D eigenvalue weighted by Crippen LogP contribution is 2.23. The predicted molar refractivity (Wildman–Crippen MR) is 66.1 cm³/mol. The number of hydrazine groups is 1. The van der Waals surface area contributed by atoms with E-state index in [0.29, 0.717) is 12.1 Å². The van der Waals surface area contributed by atoms with Crippen molar-refractivity contribution in [3.05, 3.63) is 0 Å². The molecule has 1 aliphatic carbocycles. The van der Waals surface area contributed by atoms with Crippen LogP contribution in [0.25, 0.3) is 0 Å². The average Bonchev–Trinajstić information content (AvgIpc) is 3.10. The van der Waals surface area contributed by atoms with Gasteiger partial charge in [0.1, 0.15) is 0 Å². The van der Waals surface area contributed by atoms with Gasteiger partial charge in [-0.15, -0.1) is 0 Å². The molecule has 1 saturated heterocycles. The van der Waals surface area contributed by atoms with Gasteiger partial charge in [0.15, 0.2) is 0 Å². The lowest BCUT2D eigenvalue weighted by Gasteiger charge is -2.38. The molecule has 3 N–H and O–H groups in total. The topological polar surface area (TPSA) is 56.9 Å². The van der Waals surface area contributed by atoms with Crippen molar-refractivity contribution in [1.82, 2.24) is 15.2 Å². The Balaban J connectivity index is 1.86. The summed E-state index contributed by atoms with van der Waals surface area (Å²) in [4.78, 5) is 9.34. The summed E-state index contributed by atoms with van der Waals surface area (Å²) in [6.07, 6.45) is 2.44. The molecule has 2 fully saturated rings. The quantitative estimate of drug-likeness (QED) is 0.300. The van der Waals surface area contributed by atoms with Crippen molar-refractivity contribution in [3.63, 3.8) is 0 Å². The smallest absolute Gasteiger partial charge is 0.208 e. The molecule has 1 aliphatic heterocycles. The summed E-state index contributed by atoms with van der Waals surface area (Å²) in [5.74, 6) is 6.42. The van der Waals surface area contributed by atoms with Gasteiger partial charge in [-0.25, -0.2) is 10.8 Å². The Hall–Kier alpha value is -0.810. The third kappa shape index (κ3) is 2.86. The van der Waals surface area contributed by atoms with Gasteiger partial charge in [0, 0.05) is 32.2 Å². The monoisotopic (exact) mass is 225 g/mol. The van der Waals surface area contributed by atoms with Gasteiger partial charge in [0.2, 0.25) is 5.96 Å². The zero-order chi connectivity index (χ0) is 11.5. The molecular formula is C11H23N5. The summed E-state index contributed by atoms with van der Waals surface area (Å²) in [6.45, 7) is 8.74. The van der Waals surface area contributed by atoms with Gasteiger partial charge in [0.25, 0.3) is 0 Å². The second-order valence-electron chi connectivity index (χ2n) is 4.94. The third-order valence-electron chi connectivity index (χ3n) is 3.32. The molecule has 1 heterocycles. The van der Waals surface area contributed by atoms with Gasteiger partial charge in [-0.1, -0.05) is 0 Å². The fourth-order valence-electron chi connectivity index (χ4n) is 2.04. The van der Waals surface area contributed by atoms with Crippen molar-refractivity contribution in [1.29, 1.82) is 0 Å². The fourth-order valence-corrected chi connectivity index (χ4v) is 2.04. The number of hydrogen-bond donors (Lipinski definition) is 2. The van der Waals surface area contributed by atoms with E-state index >= 15 is 0 Å². The molecule has 1 saturated carbocycles. The number of aliphatic imine (C=N–C) groups is 1. The molecule has 0 aromatic heterocycles. The molecule has 0 aromatic rings. The summed E-state index contributed by atoms with van der Waals surface area (Å²) < 4.78 is 0. The molecule has 92 valence electrons. The number of nitrogens with one attached hydrogen (secondary N) is 1. The lowest BCUT2D eigenvalue weighted by atomic mass is 10.2. The van der Waals surface area contributed by atoms with Crippen molar-refractivity contribution >= 4 is 5.96 Å². The third-order valence-corrected chi connectivity index (χ3v) is 3.32. The maximum Gasteiger partial charge on any atom is 0.208 e. The molecule has 0 radical (unpaired) electrons. The summed E-state index contributed by atoms with van der Waals surface area (Å²) in [5, 5.41) is 0. The first-order chi connectivity index (χ1) is 7.70. The zero-order valence-corrected chi connectivity index (χ0v) is 10.3. The Morgan fingerprint density at radius 3 is 2.31 bits per heavy atom. The number of nitrogens with zero attached hydrogens (tertiary/aromatic N) is 3. The molecule has 2 rings (SSSR count). The summed E-state index contributed by atoms with van der Waals surface area (Å²) in [6, 6.07) is 1.16. The van der Waals surface area contributed by atoms with E-state index in [2.05, 4.69) is 34.1 Å². The Morgan fingerprint density at radius 2 is 1.88 bits per heavy atom. The van der Waals surface area contributed by atoms with Gasteiger partial charge >= 0.3 is 0 Å². The number of piperazine rings is 1. The van der Waals surface area contributed by atoms with Crippen LogP contribution in [0.5, 0.6) is 0 Å². The molecule has 2 aliphatic rings. The highest BCUT2D eigenvalue weighted by Gasteiger charge is 2.25. The molecule has 0 aromatic carbocycles. The molecular weight excluding hydrogens is 202 g/mol. The van der Waals surface area contributed by atoms with Crippen molar-refractivity contribution in [2.75, 3.05) is 26.2 Å². The van der Waals surface area contributed by atoms with Crippen molar-refractivity contribution < 1.29 is 0 Å². The molecule has 0 atom stereocenters. The fraction of sp³-hybridized carbons (Fsp3) is 0.909. The van der Waals surface area contributed by atoms with Crippen LogP contribution in [0.2, 0.25) is 0 Å². The molecule has 5 heteroatoms. The molecule has 0 amide bonds. The van der Waals surface area contributed by atoms with E-state index in [9.17, 15) is 0 Å². The summed E-state index contributed by atoms with van der Waals surface area (Å²) in [5.41, 5.74) is 2.74. The number of hydrogen-bond acceptors (Lipinski definition) is 3. The average molecular weight is 225 g/mol. The SMILES string of the molecule is CC(C)N1CCN(C(=NC2CC2)NN)CC1. The van der Waals surface area contributed by atoms with E-state index in [4.69, 9.17) is 5.84 Å². The van der Waals surface area contributed by atoms with E-state index in [1.165, 1.54) is 12.8 Å². The molecule has 16 heavy (non-hydrogen) atoms. The Labute approximate surface area is 97.7 Å². The van der Waals surface area contributed by atoms with Crippen LogP contribution in [0.4, 0.5) is 0 Å². The van der Waals surface area contributed by atoms with Gasteiger partial charge in [-0.2, -0.15) is 0 Å². The van der Waals surface area contributed by atoms with Crippen LogP contribution in [-0.2, 0) is 0 Å². The van der Waals surface area contributed by atoms with Gasteiger partial charge in [0.05, 0.1) is 6.04 Å². The minimum absolute atomic E-state index is 0.522. The number of rotatable bonds is 2. The van der Waals surface area contributed by atoms with E-state index in [0.717, 1.165) is 32.1 Å². The number of nitrogens with two attached hydrogens (primary N) is 1. The molecule has 5 nitrogen and oxygen atoms in total. The highest BCUT2D eigenvalue weighted by atomic mass is 15.4. The van der Waals surface area contributed by atoms with Crippen molar-refractivity contribution in [3.8, 4) is 0 Å².